The SMILES string of the molecule is CC(F)(F)c1ccc(-c2ccn(C34CC(CC(=O)[C@@H]5C[C@@H](O)c6cc(Cl)ccc6O5)(C3)C4)c2)cn1. The molecule has 0 radical (unpaired) electrons. The number of ketones is 1. The van der Waals surface area contributed by atoms with E-state index in [1.54, 1.807) is 24.3 Å². The van der Waals surface area contributed by atoms with Crippen LogP contribution in [0.2, 0.25) is 5.02 Å². The van der Waals surface area contributed by atoms with Gasteiger partial charge in [0.25, 0.3) is 5.92 Å². The summed E-state index contributed by atoms with van der Waals surface area (Å²) in [6, 6.07) is 10.1. The average Bonchev–Trinajstić information content (AvgIpc) is 3.25. The van der Waals surface area contributed by atoms with E-state index in [1.807, 2.05) is 18.5 Å². The summed E-state index contributed by atoms with van der Waals surface area (Å²) in [5.41, 5.74) is 2.12. The molecule has 2 bridgehead atoms. The van der Waals surface area contributed by atoms with Gasteiger partial charge in [0.05, 0.1) is 6.10 Å². The molecule has 8 heteroatoms. The first-order chi connectivity index (χ1) is 16.6. The summed E-state index contributed by atoms with van der Waals surface area (Å²) < 4.78 is 35.0. The van der Waals surface area contributed by atoms with E-state index < -0.39 is 18.1 Å². The highest BCUT2D eigenvalue weighted by atomic mass is 35.5. The monoisotopic (exact) mass is 498 g/mol. The zero-order valence-corrected chi connectivity index (χ0v) is 19.9. The number of alkyl halides is 2. The maximum atomic E-state index is 13.4. The fourth-order valence-corrected chi connectivity index (χ4v) is 6.37. The van der Waals surface area contributed by atoms with Crippen molar-refractivity contribution in [2.75, 3.05) is 0 Å². The van der Waals surface area contributed by atoms with Crippen LogP contribution in [-0.2, 0) is 16.3 Å². The molecule has 5 nitrogen and oxygen atoms in total. The molecule has 0 saturated heterocycles. The number of carbonyl (C=O) groups is 1. The lowest BCUT2D eigenvalue weighted by Gasteiger charge is -2.71. The molecule has 3 saturated carbocycles. The van der Waals surface area contributed by atoms with E-state index in [9.17, 15) is 18.7 Å². The van der Waals surface area contributed by atoms with Gasteiger partial charge in [0.15, 0.2) is 11.9 Å². The molecule has 0 unspecified atom stereocenters. The third-order valence-electron chi connectivity index (χ3n) is 7.85. The van der Waals surface area contributed by atoms with Gasteiger partial charge in [-0.3, -0.25) is 9.78 Å². The number of nitrogens with zero attached hydrogens (tertiary/aromatic N) is 2. The number of pyridine rings is 1. The molecule has 0 spiro atoms. The lowest BCUT2D eigenvalue weighted by molar-refractivity contribution is -0.195. The van der Waals surface area contributed by atoms with Crippen LogP contribution in [0.5, 0.6) is 5.75 Å². The molecule has 1 aromatic carbocycles. The van der Waals surface area contributed by atoms with Crippen LogP contribution in [0.3, 0.4) is 0 Å². The highest BCUT2D eigenvalue weighted by molar-refractivity contribution is 6.30. The molecule has 3 aliphatic carbocycles. The lowest BCUT2D eigenvalue weighted by Crippen LogP contribution is -2.68. The summed E-state index contributed by atoms with van der Waals surface area (Å²) in [5.74, 6) is -2.41. The van der Waals surface area contributed by atoms with Crippen molar-refractivity contribution in [2.24, 2.45) is 5.41 Å². The van der Waals surface area contributed by atoms with Crippen LogP contribution in [0, 0.1) is 5.41 Å². The fourth-order valence-electron chi connectivity index (χ4n) is 6.19. The number of carbonyl (C=O) groups excluding carboxylic acids is 1. The minimum Gasteiger partial charge on any atom is -0.482 e. The third-order valence-corrected chi connectivity index (χ3v) is 8.08. The number of Topliss-reactive ketones (excluding diaryl/α,β-unsaturated/α-hetero) is 1. The van der Waals surface area contributed by atoms with Gasteiger partial charge < -0.3 is 14.4 Å². The Morgan fingerprint density at radius 1 is 1.23 bits per heavy atom. The van der Waals surface area contributed by atoms with Crippen molar-refractivity contribution in [3.05, 3.63) is 71.3 Å². The van der Waals surface area contributed by atoms with Gasteiger partial charge in [-0.25, -0.2) is 0 Å². The van der Waals surface area contributed by atoms with Crippen LogP contribution in [0.4, 0.5) is 8.78 Å². The van der Waals surface area contributed by atoms with E-state index in [2.05, 4.69) is 9.55 Å². The van der Waals surface area contributed by atoms with Crippen LogP contribution >= 0.6 is 11.6 Å². The van der Waals surface area contributed by atoms with Gasteiger partial charge in [-0.2, -0.15) is 8.78 Å². The fraction of sp³-hybridized carbons (Fsp3) is 0.407. The van der Waals surface area contributed by atoms with Crippen molar-refractivity contribution < 1.29 is 23.4 Å². The quantitative estimate of drug-likeness (QED) is 0.450. The van der Waals surface area contributed by atoms with Crippen molar-refractivity contribution in [1.82, 2.24) is 9.55 Å². The number of ether oxygens (including phenoxy) is 1. The lowest BCUT2D eigenvalue weighted by atomic mass is 9.38. The number of benzene rings is 1. The predicted molar refractivity (Wildman–Crippen MR) is 127 cm³/mol. The number of fused-ring (bicyclic) bond motifs is 1. The Morgan fingerprint density at radius 3 is 2.69 bits per heavy atom. The molecule has 35 heavy (non-hydrogen) atoms. The molecule has 2 aromatic heterocycles. The zero-order valence-electron chi connectivity index (χ0n) is 19.2. The van der Waals surface area contributed by atoms with Gasteiger partial charge in [-0.15, -0.1) is 0 Å². The van der Waals surface area contributed by atoms with Gasteiger partial charge in [-0.1, -0.05) is 17.7 Å². The Morgan fingerprint density at radius 2 is 2.00 bits per heavy atom. The molecule has 4 aliphatic rings. The van der Waals surface area contributed by atoms with Gasteiger partial charge in [-0.05, 0) is 55.0 Å². The number of aliphatic hydroxyl groups is 1. The Hall–Kier alpha value is -2.77. The van der Waals surface area contributed by atoms with Crippen molar-refractivity contribution in [3.8, 4) is 16.9 Å². The predicted octanol–water partition coefficient (Wildman–Crippen LogP) is 6.04. The molecule has 3 fully saturated rings. The highest BCUT2D eigenvalue weighted by Crippen LogP contribution is 2.73. The van der Waals surface area contributed by atoms with Crippen LogP contribution < -0.4 is 4.74 Å². The summed E-state index contributed by atoms with van der Waals surface area (Å²) in [4.78, 5) is 17.0. The topological polar surface area (TPSA) is 64.4 Å². The van der Waals surface area contributed by atoms with E-state index in [0.717, 1.165) is 37.3 Å². The molecule has 1 N–H and O–H groups in total. The first kappa shape index (κ1) is 22.7. The molecule has 0 amide bonds. The van der Waals surface area contributed by atoms with E-state index in [-0.39, 0.29) is 28.9 Å². The average molecular weight is 499 g/mol. The molecule has 1 aliphatic heterocycles. The Bertz CT molecular complexity index is 1290. The Balaban J connectivity index is 1.09. The second kappa shape index (κ2) is 7.61. The van der Waals surface area contributed by atoms with Crippen LogP contribution in [0.15, 0.2) is 55.0 Å². The molecule has 2 atom stereocenters. The molecule has 182 valence electrons. The molecule has 3 heterocycles. The third kappa shape index (κ3) is 3.76. The summed E-state index contributed by atoms with van der Waals surface area (Å²) in [7, 11) is 0. The minimum atomic E-state index is -2.96. The molecule has 7 rings (SSSR count). The molecule has 3 aromatic rings. The number of halogens is 3. The number of hydrogen-bond acceptors (Lipinski definition) is 4. The van der Waals surface area contributed by atoms with Crippen LogP contribution in [0.1, 0.15) is 56.4 Å². The van der Waals surface area contributed by atoms with Gasteiger partial charge in [0.1, 0.15) is 11.4 Å². The van der Waals surface area contributed by atoms with Gasteiger partial charge in [0, 0.05) is 65.6 Å². The zero-order chi connectivity index (χ0) is 24.6. The second-order valence-corrected chi connectivity index (χ2v) is 11.0. The number of rotatable bonds is 6. The van der Waals surface area contributed by atoms with E-state index >= 15 is 0 Å². The maximum Gasteiger partial charge on any atom is 0.286 e. The van der Waals surface area contributed by atoms with Crippen molar-refractivity contribution in [3.63, 3.8) is 0 Å². The smallest absolute Gasteiger partial charge is 0.286 e. The van der Waals surface area contributed by atoms with Gasteiger partial charge >= 0.3 is 0 Å². The number of hydrogen-bond donors (Lipinski definition) is 1. The van der Waals surface area contributed by atoms with Crippen LogP contribution in [0.25, 0.3) is 11.1 Å². The van der Waals surface area contributed by atoms with Crippen molar-refractivity contribution >= 4 is 17.4 Å². The van der Waals surface area contributed by atoms with E-state index in [1.165, 1.54) is 12.3 Å². The van der Waals surface area contributed by atoms with Crippen molar-refractivity contribution in [2.45, 2.75) is 62.7 Å². The highest BCUT2D eigenvalue weighted by Gasteiger charge is 2.69. The summed E-state index contributed by atoms with van der Waals surface area (Å²) in [6.45, 7) is 0.840. The molecular formula is C27H25ClF2N2O3. The molecular weight excluding hydrogens is 474 g/mol. The first-order valence-electron chi connectivity index (χ1n) is 11.8. The van der Waals surface area contributed by atoms with E-state index in [0.29, 0.717) is 22.8 Å². The minimum absolute atomic E-state index is 0.00792. The Kier molecular flexibility index (Phi) is 4.93. The largest absolute Gasteiger partial charge is 0.482 e. The summed E-state index contributed by atoms with van der Waals surface area (Å²) in [5, 5.41) is 11.0. The van der Waals surface area contributed by atoms with Crippen molar-refractivity contribution in [1.29, 1.82) is 0 Å². The second-order valence-electron chi connectivity index (χ2n) is 10.6. The number of aliphatic hydroxyl groups excluding tert-OH is 1. The van der Waals surface area contributed by atoms with Crippen LogP contribution in [-0.4, -0.2) is 26.5 Å². The standard InChI is InChI=1S/C27H25ClF2N2O3/c1-25(29,30)24-5-2-16(11-31-24)17-6-7-32(12-17)27-13-26(14-27,15-27)10-21(34)23-9-20(33)19-8-18(28)3-4-22(19)35-23/h2-8,11-12,20,23,33H,9-10,13-15H2,1H3/t20-,23+,26?,27?/m1/s1. The number of aromatic nitrogens is 2. The maximum absolute atomic E-state index is 13.4. The summed E-state index contributed by atoms with van der Waals surface area (Å²) >= 11 is 6.02. The normalized spacial score (nSPS) is 28.9. The van der Waals surface area contributed by atoms with E-state index in [4.69, 9.17) is 16.3 Å². The first-order valence-corrected chi connectivity index (χ1v) is 12.1. The van der Waals surface area contributed by atoms with Gasteiger partial charge in [0.2, 0.25) is 0 Å². The summed E-state index contributed by atoms with van der Waals surface area (Å²) in [6.07, 6.45) is 7.56. The Labute approximate surface area is 206 Å².